The Labute approximate surface area is 192 Å². The molecule has 8 heteroatoms. The molecule has 2 heterocycles. The summed E-state index contributed by atoms with van der Waals surface area (Å²) in [6.45, 7) is 6.38. The summed E-state index contributed by atoms with van der Waals surface area (Å²) in [6.07, 6.45) is 8.57. The fourth-order valence-corrected chi connectivity index (χ4v) is 7.31. The van der Waals surface area contributed by atoms with Crippen molar-refractivity contribution in [2.75, 3.05) is 39.4 Å². The van der Waals surface area contributed by atoms with Gasteiger partial charge in [0.15, 0.2) is 0 Å². The molecule has 3 fully saturated rings. The molecule has 32 heavy (non-hydrogen) atoms. The third-order valence-electron chi connectivity index (χ3n) is 7.49. The average Bonchev–Trinajstić information content (AvgIpc) is 2.84. The van der Waals surface area contributed by atoms with Gasteiger partial charge in [-0.05, 0) is 50.8 Å². The first-order chi connectivity index (χ1) is 15.4. The number of sulfonamides is 1. The van der Waals surface area contributed by atoms with Crippen LogP contribution >= 0.6 is 0 Å². The average molecular weight is 464 g/mol. The van der Waals surface area contributed by atoms with Gasteiger partial charge in [0, 0.05) is 43.3 Å². The minimum Gasteiger partial charge on any atom is -0.379 e. The summed E-state index contributed by atoms with van der Waals surface area (Å²) in [5, 5.41) is 3.14. The second-order valence-corrected chi connectivity index (χ2v) is 11.4. The van der Waals surface area contributed by atoms with Gasteiger partial charge in [0.1, 0.15) is 0 Å². The van der Waals surface area contributed by atoms with Gasteiger partial charge in [0.25, 0.3) is 5.91 Å². The van der Waals surface area contributed by atoms with Crippen LogP contribution in [0.5, 0.6) is 0 Å². The van der Waals surface area contributed by atoms with E-state index in [0.29, 0.717) is 18.7 Å². The molecule has 1 N–H and O–H groups in total. The van der Waals surface area contributed by atoms with Crippen LogP contribution in [0.15, 0.2) is 29.2 Å². The first kappa shape index (κ1) is 23.7. The number of piperidine rings is 1. The van der Waals surface area contributed by atoms with E-state index in [4.69, 9.17) is 4.74 Å². The lowest BCUT2D eigenvalue weighted by Gasteiger charge is -2.48. The van der Waals surface area contributed by atoms with Gasteiger partial charge in [-0.3, -0.25) is 9.69 Å². The summed E-state index contributed by atoms with van der Waals surface area (Å²) in [5.41, 5.74) is 0.383. The van der Waals surface area contributed by atoms with Crippen LogP contribution in [0.1, 0.15) is 68.6 Å². The van der Waals surface area contributed by atoms with Crippen molar-refractivity contribution in [2.24, 2.45) is 0 Å². The minimum absolute atomic E-state index is 0.00841. The predicted octanol–water partition coefficient (Wildman–Crippen LogP) is 3.01. The van der Waals surface area contributed by atoms with Crippen molar-refractivity contribution < 1.29 is 17.9 Å². The van der Waals surface area contributed by atoms with E-state index in [1.807, 2.05) is 6.92 Å². The molecule has 1 aromatic rings. The normalized spacial score (nSPS) is 25.3. The fourth-order valence-electron chi connectivity index (χ4n) is 5.56. The van der Waals surface area contributed by atoms with Crippen molar-refractivity contribution in [3.8, 4) is 0 Å². The SMILES string of the molecule is C[C@H]1CCCCN1S(=O)(=O)c1cccc(C(=O)NCC2(N3CCOCC3)CCCCC2)c1. The molecule has 0 aromatic heterocycles. The minimum atomic E-state index is -3.60. The number of benzene rings is 1. The maximum atomic E-state index is 13.2. The van der Waals surface area contributed by atoms with Crippen molar-refractivity contribution in [1.29, 1.82) is 0 Å². The fraction of sp³-hybridized carbons (Fsp3) is 0.708. The Hall–Kier alpha value is -1.48. The number of carbonyl (C=O) groups excluding carboxylic acids is 1. The van der Waals surface area contributed by atoms with Crippen LogP contribution in [0.25, 0.3) is 0 Å². The van der Waals surface area contributed by atoms with Crippen LogP contribution in [0, 0.1) is 0 Å². The van der Waals surface area contributed by atoms with Gasteiger partial charge in [-0.15, -0.1) is 0 Å². The molecule has 0 spiro atoms. The molecule has 2 saturated heterocycles. The van der Waals surface area contributed by atoms with Crippen LogP contribution in [0.2, 0.25) is 0 Å². The Morgan fingerprint density at radius 3 is 2.56 bits per heavy atom. The van der Waals surface area contributed by atoms with Gasteiger partial charge in [0.05, 0.1) is 18.1 Å². The van der Waals surface area contributed by atoms with E-state index in [2.05, 4.69) is 10.2 Å². The smallest absolute Gasteiger partial charge is 0.251 e. The van der Waals surface area contributed by atoms with Crippen LogP contribution in [0.3, 0.4) is 0 Å². The first-order valence-corrected chi connectivity index (χ1v) is 13.6. The molecule has 0 radical (unpaired) electrons. The molecule has 1 aromatic carbocycles. The standard InChI is InChI=1S/C24H37N3O4S/c1-20-8-3-6-13-27(20)32(29,30)22-10-7-9-21(18-22)23(28)25-19-24(11-4-2-5-12-24)26-14-16-31-17-15-26/h7,9-10,18,20H,2-6,8,11-17,19H2,1H3,(H,25,28)/t20-/m0/s1. The maximum absolute atomic E-state index is 13.2. The van der Waals surface area contributed by atoms with Crippen molar-refractivity contribution in [3.63, 3.8) is 0 Å². The van der Waals surface area contributed by atoms with Crippen LogP contribution in [-0.4, -0.2) is 74.5 Å². The number of ether oxygens (including phenoxy) is 1. The quantitative estimate of drug-likeness (QED) is 0.702. The summed E-state index contributed by atoms with van der Waals surface area (Å²) in [6, 6.07) is 6.51. The van der Waals surface area contributed by atoms with E-state index >= 15 is 0 Å². The van der Waals surface area contributed by atoms with E-state index in [9.17, 15) is 13.2 Å². The van der Waals surface area contributed by atoms with E-state index in [1.165, 1.54) is 25.3 Å². The third kappa shape index (κ3) is 5.03. The van der Waals surface area contributed by atoms with Crippen molar-refractivity contribution in [1.82, 2.24) is 14.5 Å². The number of hydrogen-bond acceptors (Lipinski definition) is 5. The van der Waals surface area contributed by atoms with Gasteiger partial charge < -0.3 is 10.1 Å². The molecule has 1 atom stereocenters. The predicted molar refractivity (Wildman–Crippen MR) is 124 cm³/mol. The Balaban J connectivity index is 1.47. The van der Waals surface area contributed by atoms with Gasteiger partial charge in [-0.1, -0.05) is 31.7 Å². The Bertz CT molecular complexity index is 892. The van der Waals surface area contributed by atoms with Crippen LogP contribution < -0.4 is 5.32 Å². The molecule has 0 unspecified atom stereocenters. The lowest BCUT2D eigenvalue weighted by molar-refractivity contribution is -0.0361. The highest BCUT2D eigenvalue weighted by Crippen LogP contribution is 2.34. The number of hydrogen-bond donors (Lipinski definition) is 1. The van der Waals surface area contributed by atoms with E-state index in [0.717, 1.165) is 58.4 Å². The molecular weight excluding hydrogens is 426 g/mol. The Kier molecular flexibility index (Phi) is 7.54. The van der Waals surface area contributed by atoms with Gasteiger partial charge in [0.2, 0.25) is 10.0 Å². The van der Waals surface area contributed by atoms with Crippen molar-refractivity contribution in [2.45, 2.75) is 74.8 Å². The van der Waals surface area contributed by atoms with Crippen LogP contribution in [0.4, 0.5) is 0 Å². The molecule has 0 bridgehead atoms. The highest BCUT2D eigenvalue weighted by Gasteiger charge is 2.39. The van der Waals surface area contributed by atoms with E-state index in [-0.39, 0.29) is 22.4 Å². The highest BCUT2D eigenvalue weighted by atomic mass is 32.2. The first-order valence-electron chi connectivity index (χ1n) is 12.2. The lowest BCUT2D eigenvalue weighted by Crippen LogP contribution is -2.59. The highest BCUT2D eigenvalue weighted by molar-refractivity contribution is 7.89. The molecule has 178 valence electrons. The second-order valence-electron chi connectivity index (χ2n) is 9.56. The van der Waals surface area contributed by atoms with Gasteiger partial charge >= 0.3 is 0 Å². The molecule has 4 rings (SSSR count). The monoisotopic (exact) mass is 463 g/mol. The number of rotatable bonds is 6. The molecule has 7 nitrogen and oxygen atoms in total. The largest absolute Gasteiger partial charge is 0.379 e. The van der Waals surface area contributed by atoms with Crippen LogP contribution in [-0.2, 0) is 14.8 Å². The lowest BCUT2D eigenvalue weighted by atomic mass is 9.79. The molecular formula is C24H37N3O4S. The second kappa shape index (κ2) is 10.2. The Morgan fingerprint density at radius 1 is 1.09 bits per heavy atom. The van der Waals surface area contributed by atoms with Crippen molar-refractivity contribution >= 4 is 15.9 Å². The summed E-state index contributed by atoms with van der Waals surface area (Å²) in [5.74, 6) is -0.202. The zero-order valence-electron chi connectivity index (χ0n) is 19.2. The maximum Gasteiger partial charge on any atom is 0.251 e. The molecule has 1 saturated carbocycles. The number of nitrogens with zero attached hydrogens (tertiary/aromatic N) is 2. The molecule has 2 aliphatic heterocycles. The van der Waals surface area contributed by atoms with E-state index in [1.54, 1.807) is 22.5 Å². The summed E-state index contributed by atoms with van der Waals surface area (Å²) in [7, 11) is -3.60. The number of carbonyl (C=O) groups is 1. The van der Waals surface area contributed by atoms with Gasteiger partial charge in [-0.2, -0.15) is 4.31 Å². The number of amides is 1. The zero-order chi connectivity index (χ0) is 22.6. The summed E-state index contributed by atoms with van der Waals surface area (Å²) in [4.78, 5) is 15.8. The van der Waals surface area contributed by atoms with Crippen molar-refractivity contribution in [3.05, 3.63) is 29.8 Å². The van der Waals surface area contributed by atoms with Gasteiger partial charge in [-0.25, -0.2) is 8.42 Å². The molecule has 1 amide bonds. The van der Waals surface area contributed by atoms with E-state index < -0.39 is 10.0 Å². The summed E-state index contributed by atoms with van der Waals surface area (Å²) < 4.78 is 33.6. The summed E-state index contributed by atoms with van der Waals surface area (Å²) >= 11 is 0. The molecule has 1 aliphatic carbocycles. The topological polar surface area (TPSA) is 79.0 Å². The zero-order valence-corrected chi connectivity index (χ0v) is 20.0. The number of morpholine rings is 1. The molecule has 3 aliphatic rings. The third-order valence-corrected chi connectivity index (χ3v) is 9.50. The number of nitrogens with one attached hydrogen (secondary N) is 1. The Morgan fingerprint density at radius 2 is 1.84 bits per heavy atom.